The average molecular weight is 308 g/mol. The summed E-state index contributed by atoms with van der Waals surface area (Å²) in [5, 5.41) is 4.99. The Balaban J connectivity index is 1.75. The SMILES string of the molecule is CCCNC1CCCc2nc(N3CCC(C)C(C)C3)sc21. The molecule has 0 bridgehead atoms. The highest BCUT2D eigenvalue weighted by Gasteiger charge is 2.28. The molecule has 1 aromatic heterocycles. The Labute approximate surface area is 133 Å². The largest absolute Gasteiger partial charge is 0.348 e. The minimum absolute atomic E-state index is 0.557. The summed E-state index contributed by atoms with van der Waals surface area (Å²) in [5.74, 6) is 1.64. The molecular weight excluding hydrogens is 278 g/mol. The fourth-order valence-electron chi connectivity index (χ4n) is 3.49. The lowest BCUT2D eigenvalue weighted by molar-refractivity contribution is 0.323. The Kier molecular flexibility index (Phi) is 4.85. The Hall–Kier alpha value is -0.610. The van der Waals surface area contributed by atoms with Crippen molar-refractivity contribution in [3.8, 4) is 0 Å². The van der Waals surface area contributed by atoms with Crippen molar-refractivity contribution in [1.82, 2.24) is 10.3 Å². The van der Waals surface area contributed by atoms with E-state index in [-0.39, 0.29) is 0 Å². The van der Waals surface area contributed by atoms with Crippen LogP contribution in [0.5, 0.6) is 0 Å². The van der Waals surface area contributed by atoms with Gasteiger partial charge in [-0.1, -0.05) is 32.1 Å². The second-order valence-electron chi connectivity index (χ2n) is 6.90. The number of aromatic nitrogens is 1. The third-order valence-corrected chi connectivity index (χ3v) is 6.46. The molecule has 2 heterocycles. The molecule has 0 aromatic carbocycles. The van der Waals surface area contributed by atoms with Crippen LogP contribution >= 0.6 is 11.3 Å². The van der Waals surface area contributed by atoms with Crippen molar-refractivity contribution in [2.24, 2.45) is 11.8 Å². The van der Waals surface area contributed by atoms with Crippen LogP contribution in [0.2, 0.25) is 0 Å². The molecule has 1 saturated heterocycles. The number of aryl methyl sites for hydroxylation is 1. The molecular formula is C17H29N3S. The van der Waals surface area contributed by atoms with Crippen LogP contribution in [0.4, 0.5) is 5.13 Å². The van der Waals surface area contributed by atoms with Crippen LogP contribution in [-0.2, 0) is 6.42 Å². The monoisotopic (exact) mass is 307 g/mol. The molecule has 0 saturated carbocycles. The molecule has 0 radical (unpaired) electrons. The van der Waals surface area contributed by atoms with Crippen molar-refractivity contribution in [1.29, 1.82) is 0 Å². The topological polar surface area (TPSA) is 28.2 Å². The second kappa shape index (κ2) is 6.66. The van der Waals surface area contributed by atoms with Crippen LogP contribution in [0.3, 0.4) is 0 Å². The molecule has 0 spiro atoms. The zero-order chi connectivity index (χ0) is 14.8. The molecule has 1 fully saturated rings. The van der Waals surface area contributed by atoms with Crippen LogP contribution in [0.25, 0.3) is 0 Å². The average Bonchev–Trinajstić information content (AvgIpc) is 2.92. The molecule has 1 N–H and O–H groups in total. The Morgan fingerprint density at radius 2 is 2.14 bits per heavy atom. The van der Waals surface area contributed by atoms with Crippen LogP contribution < -0.4 is 10.2 Å². The molecule has 4 heteroatoms. The highest BCUT2D eigenvalue weighted by Crippen LogP contribution is 2.39. The van der Waals surface area contributed by atoms with Crippen LogP contribution in [0.1, 0.15) is 63.1 Å². The van der Waals surface area contributed by atoms with Gasteiger partial charge < -0.3 is 10.2 Å². The fraction of sp³-hybridized carbons (Fsp3) is 0.824. The molecule has 3 rings (SSSR count). The molecule has 3 atom stereocenters. The first kappa shape index (κ1) is 15.3. The van der Waals surface area contributed by atoms with E-state index in [0.717, 1.165) is 18.4 Å². The van der Waals surface area contributed by atoms with E-state index in [9.17, 15) is 0 Å². The normalized spacial score (nSPS) is 29.5. The van der Waals surface area contributed by atoms with Crippen molar-refractivity contribution in [2.45, 2.75) is 58.9 Å². The molecule has 3 unspecified atom stereocenters. The lowest BCUT2D eigenvalue weighted by Gasteiger charge is -2.35. The summed E-state index contributed by atoms with van der Waals surface area (Å²) in [6.45, 7) is 10.5. The molecule has 21 heavy (non-hydrogen) atoms. The third kappa shape index (κ3) is 3.26. The highest BCUT2D eigenvalue weighted by molar-refractivity contribution is 7.15. The molecule has 0 amide bonds. The van der Waals surface area contributed by atoms with E-state index in [4.69, 9.17) is 4.98 Å². The number of hydrogen-bond donors (Lipinski definition) is 1. The molecule has 1 aliphatic heterocycles. The third-order valence-electron chi connectivity index (χ3n) is 5.18. The van der Waals surface area contributed by atoms with E-state index < -0.39 is 0 Å². The standard InChI is InChI=1S/C17H29N3S/c1-4-9-18-14-6-5-7-15-16(14)21-17(19-15)20-10-8-12(2)13(3)11-20/h12-14,18H,4-11H2,1-3H3. The Morgan fingerprint density at radius 1 is 1.29 bits per heavy atom. The first-order valence-corrected chi connectivity index (χ1v) is 9.48. The van der Waals surface area contributed by atoms with E-state index in [1.165, 1.54) is 60.9 Å². The zero-order valence-electron chi connectivity index (χ0n) is 13.7. The molecule has 118 valence electrons. The quantitative estimate of drug-likeness (QED) is 0.911. The van der Waals surface area contributed by atoms with Gasteiger partial charge in [-0.25, -0.2) is 4.98 Å². The fourth-order valence-corrected chi connectivity index (χ4v) is 4.75. The summed E-state index contributed by atoms with van der Waals surface area (Å²) >= 11 is 1.96. The number of nitrogens with zero attached hydrogens (tertiary/aromatic N) is 2. The van der Waals surface area contributed by atoms with Gasteiger partial charge in [-0.15, -0.1) is 0 Å². The van der Waals surface area contributed by atoms with Crippen molar-refractivity contribution in [3.63, 3.8) is 0 Å². The lowest BCUT2D eigenvalue weighted by atomic mass is 9.89. The van der Waals surface area contributed by atoms with Crippen LogP contribution in [0, 0.1) is 11.8 Å². The first-order valence-electron chi connectivity index (χ1n) is 8.67. The smallest absolute Gasteiger partial charge is 0.185 e. The van der Waals surface area contributed by atoms with Crippen molar-refractivity contribution < 1.29 is 0 Å². The number of anilines is 1. The van der Waals surface area contributed by atoms with Crippen molar-refractivity contribution in [3.05, 3.63) is 10.6 Å². The predicted octanol–water partition coefficient (Wildman–Crippen LogP) is 4.00. The van der Waals surface area contributed by atoms with Crippen molar-refractivity contribution in [2.75, 3.05) is 24.5 Å². The maximum Gasteiger partial charge on any atom is 0.185 e. The van der Waals surface area contributed by atoms with Crippen molar-refractivity contribution >= 4 is 16.5 Å². The highest BCUT2D eigenvalue weighted by atomic mass is 32.1. The van der Waals surface area contributed by atoms with Gasteiger partial charge in [-0.3, -0.25) is 0 Å². The molecule has 1 aliphatic carbocycles. The van der Waals surface area contributed by atoms with Gasteiger partial charge in [-0.05, 0) is 50.5 Å². The summed E-state index contributed by atoms with van der Waals surface area (Å²) in [5.41, 5.74) is 1.38. The number of hydrogen-bond acceptors (Lipinski definition) is 4. The predicted molar refractivity (Wildman–Crippen MR) is 91.2 cm³/mol. The van der Waals surface area contributed by atoms with Gasteiger partial charge in [-0.2, -0.15) is 0 Å². The Morgan fingerprint density at radius 3 is 2.90 bits per heavy atom. The number of thiazole rings is 1. The summed E-state index contributed by atoms with van der Waals surface area (Å²) in [6, 6.07) is 0.557. The number of fused-ring (bicyclic) bond motifs is 1. The second-order valence-corrected chi connectivity index (χ2v) is 7.90. The molecule has 3 nitrogen and oxygen atoms in total. The van der Waals surface area contributed by atoms with Gasteiger partial charge in [0.1, 0.15) is 0 Å². The van der Waals surface area contributed by atoms with Gasteiger partial charge in [0, 0.05) is 24.0 Å². The summed E-state index contributed by atoms with van der Waals surface area (Å²) < 4.78 is 0. The number of nitrogens with one attached hydrogen (secondary N) is 1. The van der Waals surface area contributed by atoms with Crippen LogP contribution in [-0.4, -0.2) is 24.6 Å². The number of piperidine rings is 1. The minimum atomic E-state index is 0.557. The lowest BCUT2D eigenvalue weighted by Crippen LogP contribution is -2.38. The van der Waals surface area contributed by atoms with Gasteiger partial charge >= 0.3 is 0 Å². The minimum Gasteiger partial charge on any atom is -0.348 e. The summed E-state index contributed by atoms with van der Waals surface area (Å²) in [4.78, 5) is 9.05. The molecule has 2 aliphatic rings. The van der Waals surface area contributed by atoms with E-state index in [2.05, 4.69) is 31.0 Å². The zero-order valence-corrected chi connectivity index (χ0v) is 14.5. The molecule has 1 aromatic rings. The Bertz CT molecular complexity index is 471. The van der Waals surface area contributed by atoms with E-state index in [0.29, 0.717) is 6.04 Å². The maximum atomic E-state index is 5.00. The van der Waals surface area contributed by atoms with Gasteiger partial charge in [0.2, 0.25) is 0 Å². The maximum absolute atomic E-state index is 5.00. The summed E-state index contributed by atoms with van der Waals surface area (Å²) in [7, 11) is 0. The first-order chi connectivity index (χ1) is 10.2. The van der Waals surface area contributed by atoms with Gasteiger partial charge in [0.05, 0.1) is 5.69 Å². The van der Waals surface area contributed by atoms with Crippen LogP contribution in [0.15, 0.2) is 0 Å². The van der Waals surface area contributed by atoms with E-state index >= 15 is 0 Å². The van der Waals surface area contributed by atoms with Gasteiger partial charge in [0.25, 0.3) is 0 Å². The van der Waals surface area contributed by atoms with Gasteiger partial charge in [0.15, 0.2) is 5.13 Å². The summed E-state index contributed by atoms with van der Waals surface area (Å²) in [6.07, 6.45) is 6.25. The number of rotatable bonds is 4. The van der Waals surface area contributed by atoms with E-state index in [1.807, 2.05) is 11.3 Å². The van der Waals surface area contributed by atoms with E-state index in [1.54, 1.807) is 0 Å².